The molecule has 2 aromatic carbocycles. The number of benzene rings is 2. The summed E-state index contributed by atoms with van der Waals surface area (Å²) in [7, 11) is 0. The van der Waals surface area contributed by atoms with E-state index in [1.165, 1.54) is 5.56 Å². The highest BCUT2D eigenvalue weighted by Gasteiger charge is 2.13. The number of anilines is 1. The van der Waals surface area contributed by atoms with Crippen LogP contribution in [0.5, 0.6) is 5.75 Å². The van der Waals surface area contributed by atoms with Crippen molar-refractivity contribution < 1.29 is 9.53 Å². The van der Waals surface area contributed by atoms with Crippen LogP contribution in [-0.4, -0.2) is 15.3 Å². The molecule has 4 rings (SSSR count). The number of carbonyl (C=O) groups excluding carboxylic acids is 1. The van der Waals surface area contributed by atoms with Crippen molar-refractivity contribution in [1.82, 2.24) is 9.38 Å². The number of nitrogens with zero attached hydrogens (tertiary/aromatic N) is 2. The van der Waals surface area contributed by atoms with Gasteiger partial charge in [-0.3, -0.25) is 4.79 Å². The summed E-state index contributed by atoms with van der Waals surface area (Å²) in [4.78, 5) is 17.5. The summed E-state index contributed by atoms with van der Waals surface area (Å²) in [6.45, 7) is 6.58. The number of aryl methyl sites for hydroxylation is 3. The maximum atomic E-state index is 12.9. The number of amides is 1. The molecule has 0 fully saturated rings. The fraction of sp³-hybridized carbons (Fsp3) is 0.231. The summed E-state index contributed by atoms with van der Waals surface area (Å²) < 4.78 is 7.92. The van der Waals surface area contributed by atoms with Gasteiger partial charge in [-0.2, -0.15) is 0 Å². The number of ether oxygens (including phenoxy) is 1. The van der Waals surface area contributed by atoms with Gasteiger partial charge >= 0.3 is 0 Å². The molecule has 1 N–H and O–H groups in total. The van der Waals surface area contributed by atoms with Gasteiger partial charge in [0.1, 0.15) is 18.0 Å². The summed E-state index contributed by atoms with van der Waals surface area (Å²) >= 11 is 0. The molecule has 0 saturated heterocycles. The van der Waals surface area contributed by atoms with Crippen LogP contribution in [0.25, 0.3) is 5.65 Å². The number of carbonyl (C=O) groups is 1. The van der Waals surface area contributed by atoms with Gasteiger partial charge in [0.2, 0.25) is 0 Å². The summed E-state index contributed by atoms with van der Waals surface area (Å²) in [6, 6.07) is 17.5. The molecule has 0 bridgehead atoms. The predicted molar refractivity (Wildman–Crippen MR) is 124 cm³/mol. The van der Waals surface area contributed by atoms with Crippen LogP contribution in [0.2, 0.25) is 0 Å². The number of hydrogen-bond acceptors (Lipinski definition) is 3. The number of rotatable bonds is 7. The molecule has 5 nitrogen and oxygen atoms in total. The zero-order chi connectivity index (χ0) is 21.8. The molecule has 31 heavy (non-hydrogen) atoms. The molecule has 0 saturated carbocycles. The SMILES string of the molecule is CCc1cccc(CC)c1NC(=O)c1cccc(OCc2cn3cc(C)ccc3n2)c1. The van der Waals surface area contributed by atoms with E-state index in [2.05, 4.69) is 43.2 Å². The van der Waals surface area contributed by atoms with Gasteiger partial charge in [0.25, 0.3) is 5.91 Å². The molecule has 5 heteroatoms. The van der Waals surface area contributed by atoms with Gasteiger partial charge < -0.3 is 14.5 Å². The van der Waals surface area contributed by atoms with Gasteiger partial charge in [-0.05, 0) is 60.7 Å². The second-order valence-corrected chi connectivity index (χ2v) is 7.63. The normalized spacial score (nSPS) is 10.9. The van der Waals surface area contributed by atoms with E-state index in [1.807, 2.05) is 47.1 Å². The Kier molecular flexibility index (Phi) is 6.03. The van der Waals surface area contributed by atoms with Crippen molar-refractivity contribution in [2.45, 2.75) is 40.2 Å². The van der Waals surface area contributed by atoms with Crippen molar-refractivity contribution >= 4 is 17.2 Å². The highest BCUT2D eigenvalue weighted by Crippen LogP contribution is 2.24. The van der Waals surface area contributed by atoms with E-state index in [1.54, 1.807) is 12.1 Å². The summed E-state index contributed by atoms with van der Waals surface area (Å²) in [5, 5.41) is 3.11. The molecular weight excluding hydrogens is 386 g/mol. The molecular formula is C26H27N3O2. The van der Waals surface area contributed by atoms with E-state index >= 15 is 0 Å². The Hall–Kier alpha value is -3.60. The van der Waals surface area contributed by atoms with Crippen LogP contribution in [0.4, 0.5) is 5.69 Å². The first kappa shape index (κ1) is 20.7. The number of fused-ring (bicyclic) bond motifs is 1. The first-order chi connectivity index (χ1) is 15.1. The van der Waals surface area contributed by atoms with Crippen LogP contribution in [0.1, 0.15) is 46.6 Å². The van der Waals surface area contributed by atoms with Crippen molar-refractivity contribution in [2.75, 3.05) is 5.32 Å². The Bertz CT molecular complexity index is 1200. The van der Waals surface area contributed by atoms with Crippen LogP contribution in [0.15, 0.2) is 67.0 Å². The van der Waals surface area contributed by atoms with Gasteiger partial charge in [0.15, 0.2) is 0 Å². The van der Waals surface area contributed by atoms with Crippen LogP contribution >= 0.6 is 0 Å². The highest BCUT2D eigenvalue weighted by atomic mass is 16.5. The Balaban J connectivity index is 1.48. The van der Waals surface area contributed by atoms with Crippen molar-refractivity contribution in [3.8, 4) is 5.75 Å². The van der Waals surface area contributed by atoms with Gasteiger partial charge in [-0.25, -0.2) is 4.98 Å². The third-order valence-electron chi connectivity index (χ3n) is 5.37. The molecule has 0 aliphatic carbocycles. The number of aromatic nitrogens is 2. The fourth-order valence-corrected chi connectivity index (χ4v) is 3.70. The molecule has 1 amide bonds. The van der Waals surface area contributed by atoms with E-state index < -0.39 is 0 Å². The lowest BCUT2D eigenvalue weighted by molar-refractivity contribution is 0.102. The minimum atomic E-state index is -0.135. The molecule has 158 valence electrons. The molecule has 0 spiro atoms. The third kappa shape index (κ3) is 4.61. The maximum absolute atomic E-state index is 12.9. The summed E-state index contributed by atoms with van der Waals surface area (Å²) in [5.41, 5.74) is 6.67. The van der Waals surface area contributed by atoms with E-state index in [4.69, 9.17) is 4.74 Å². The van der Waals surface area contributed by atoms with E-state index in [0.29, 0.717) is 17.9 Å². The molecule has 0 aliphatic heterocycles. The van der Waals surface area contributed by atoms with Crippen LogP contribution in [0.3, 0.4) is 0 Å². The maximum Gasteiger partial charge on any atom is 0.255 e. The van der Waals surface area contributed by atoms with Crippen LogP contribution in [-0.2, 0) is 19.4 Å². The zero-order valence-electron chi connectivity index (χ0n) is 18.2. The quantitative estimate of drug-likeness (QED) is 0.429. The Labute approximate surface area is 182 Å². The lowest BCUT2D eigenvalue weighted by Crippen LogP contribution is -2.15. The molecule has 0 radical (unpaired) electrons. The second-order valence-electron chi connectivity index (χ2n) is 7.63. The van der Waals surface area contributed by atoms with Crippen LogP contribution < -0.4 is 10.1 Å². The standard InChI is InChI=1S/C26H27N3O2/c1-4-19-8-6-9-20(5-2)25(19)28-26(30)21-10-7-11-23(14-21)31-17-22-16-29-15-18(3)12-13-24(29)27-22/h6-16H,4-5,17H2,1-3H3,(H,28,30). The predicted octanol–water partition coefficient (Wildman–Crippen LogP) is 5.60. The monoisotopic (exact) mass is 413 g/mol. The Morgan fingerprint density at radius 1 is 1.00 bits per heavy atom. The van der Waals surface area contributed by atoms with Crippen molar-refractivity contribution in [2.24, 2.45) is 0 Å². The first-order valence-electron chi connectivity index (χ1n) is 10.7. The van der Waals surface area contributed by atoms with Crippen molar-refractivity contribution in [3.05, 3.63) is 94.9 Å². The number of pyridine rings is 1. The van der Waals surface area contributed by atoms with Gasteiger partial charge in [0.05, 0.1) is 5.69 Å². The first-order valence-corrected chi connectivity index (χ1v) is 10.7. The molecule has 0 atom stereocenters. The highest BCUT2D eigenvalue weighted by molar-refractivity contribution is 6.05. The van der Waals surface area contributed by atoms with Crippen LogP contribution in [0, 0.1) is 6.92 Å². The second kappa shape index (κ2) is 9.04. The van der Waals surface area contributed by atoms with E-state index in [9.17, 15) is 4.79 Å². The van der Waals surface area contributed by atoms with Gasteiger partial charge in [0, 0.05) is 23.6 Å². The average Bonchev–Trinajstić information content (AvgIpc) is 3.20. The molecule has 2 aromatic heterocycles. The fourth-order valence-electron chi connectivity index (χ4n) is 3.70. The third-order valence-corrected chi connectivity index (χ3v) is 5.37. The van der Waals surface area contributed by atoms with Gasteiger partial charge in [-0.1, -0.05) is 44.2 Å². The van der Waals surface area contributed by atoms with E-state index in [-0.39, 0.29) is 5.91 Å². The number of nitrogens with one attached hydrogen (secondary N) is 1. The minimum absolute atomic E-state index is 0.135. The van der Waals surface area contributed by atoms with Gasteiger partial charge in [-0.15, -0.1) is 0 Å². The number of hydrogen-bond donors (Lipinski definition) is 1. The van der Waals surface area contributed by atoms with E-state index in [0.717, 1.165) is 41.0 Å². The largest absolute Gasteiger partial charge is 0.487 e. The molecule has 2 heterocycles. The number of imidazole rings is 1. The minimum Gasteiger partial charge on any atom is -0.487 e. The summed E-state index contributed by atoms with van der Waals surface area (Å²) in [6.07, 6.45) is 5.73. The lowest BCUT2D eigenvalue weighted by Gasteiger charge is -2.15. The number of para-hydroxylation sites is 1. The van der Waals surface area contributed by atoms with Crippen molar-refractivity contribution in [1.29, 1.82) is 0 Å². The van der Waals surface area contributed by atoms with Crippen molar-refractivity contribution in [3.63, 3.8) is 0 Å². The molecule has 0 unspecified atom stereocenters. The Morgan fingerprint density at radius 3 is 2.48 bits per heavy atom. The average molecular weight is 414 g/mol. The Morgan fingerprint density at radius 2 is 1.74 bits per heavy atom. The lowest BCUT2D eigenvalue weighted by atomic mass is 10.0. The summed E-state index contributed by atoms with van der Waals surface area (Å²) in [5.74, 6) is 0.504. The molecule has 4 aromatic rings. The molecule has 0 aliphatic rings. The smallest absolute Gasteiger partial charge is 0.255 e. The topological polar surface area (TPSA) is 55.6 Å². The zero-order valence-corrected chi connectivity index (χ0v) is 18.2.